The number of anilines is 2. The summed E-state index contributed by atoms with van der Waals surface area (Å²) >= 11 is 0. The number of amides is 4. The van der Waals surface area contributed by atoms with Gasteiger partial charge < -0.3 is 20.5 Å². The van der Waals surface area contributed by atoms with Gasteiger partial charge in [-0.15, -0.1) is 0 Å². The number of benzene rings is 3. The van der Waals surface area contributed by atoms with Gasteiger partial charge in [-0.2, -0.15) is 0 Å². The van der Waals surface area contributed by atoms with E-state index in [0.717, 1.165) is 5.56 Å². The van der Waals surface area contributed by atoms with Crippen LogP contribution in [0.5, 0.6) is 11.5 Å². The first-order chi connectivity index (χ1) is 17.0. The van der Waals surface area contributed by atoms with Gasteiger partial charge in [0.1, 0.15) is 11.5 Å². The second kappa shape index (κ2) is 9.02. The van der Waals surface area contributed by atoms with Crippen molar-refractivity contribution >= 4 is 34.2 Å². The van der Waals surface area contributed by atoms with Crippen LogP contribution in [0.2, 0.25) is 0 Å². The maximum atomic E-state index is 12.4. The second-order valence-corrected chi connectivity index (χ2v) is 7.61. The molecule has 0 bridgehead atoms. The Hall–Kier alpha value is -5.12. The average molecular weight is 468 g/mol. The van der Waals surface area contributed by atoms with Crippen LogP contribution in [0, 0.1) is 0 Å². The number of ether oxygens (including phenoxy) is 1. The van der Waals surface area contributed by atoms with Crippen molar-refractivity contribution in [2.75, 3.05) is 17.7 Å². The van der Waals surface area contributed by atoms with Crippen molar-refractivity contribution in [2.24, 2.45) is 10.2 Å². The van der Waals surface area contributed by atoms with E-state index in [9.17, 15) is 14.7 Å². The number of hydrogen-bond acceptors (Lipinski definition) is 4. The summed E-state index contributed by atoms with van der Waals surface area (Å²) in [6.45, 7) is 0. The fourth-order valence-electron chi connectivity index (χ4n) is 3.93. The summed E-state index contributed by atoms with van der Waals surface area (Å²) in [6, 6.07) is 19.7. The molecule has 0 saturated heterocycles. The molecule has 0 unspecified atom stereocenters. The molecule has 0 fully saturated rings. The number of fused-ring (bicyclic) bond motifs is 3. The van der Waals surface area contributed by atoms with E-state index < -0.39 is 12.1 Å². The minimum Gasteiger partial charge on any atom is -0.506 e. The molecular formula is C25H20N6O4. The van der Waals surface area contributed by atoms with E-state index in [2.05, 4.69) is 31.1 Å². The zero-order chi connectivity index (χ0) is 24.4. The third-order valence-corrected chi connectivity index (χ3v) is 5.50. The molecule has 35 heavy (non-hydrogen) atoms. The number of nitrogens with one attached hydrogen (secondary N) is 4. The Morgan fingerprint density at radius 1 is 0.829 bits per heavy atom. The quantitative estimate of drug-likeness (QED) is 0.200. The smallest absolute Gasteiger partial charge is 0.364 e. The average Bonchev–Trinajstić information content (AvgIpc) is 3.44. The van der Waals surface area contributed by atoms with Crippen molar-refractivity contribution in [3.8, 4) is 34.0 Å². The first kappa shape index (κ1) is 21.7. The molecule has 1 aliphatic carbocycles. The van der Waals surface area contributed by atoms with E-state index in [1.165, 1.54) is 0 Å². The first-order valence-electron chi connectivity index (χ1n) is 10.6. The van der Waals surface area contributed by atoms with Gasteiger partial charge in [0.15, 0.2) is 0 Å². The van der Waals surface area contributed by atoms with Gasteiger partial charge in [-0.3, -0.25) is 10.2 Å². The van der Waals surface area contributed by atoms with E-state index in [0.29, 0.717) is 44.8 Å². The van der Waals surface area contributed by atoms with Crippen LogP contribution in [-0.2, 0) is 0 Å². The van der Waals surface area contributed by atoms with E-state index >= 15 is 0 Å². The van der Waals surface area contributed by atoms with Crippen molar-refractivity contribution in [2.45, 2.75) is 0 Å². The molecule has 0 atom stereocenters. The SMILES string of the molecule is COc1ccc(-c2[nH][nH]c3c4cccc(NC(=O)/N=N/C(=O)Nc5ccccc5)c4c(O)c2-3)cc1. The Labute approximate surface area is 199 Å². The second-order valence-electron chi connectivity index (χ2n) is 7.61. The first-order valence-corrected chi connectivity index (χ1v) is 10.6. The molecule has 0 spiro atoms. The molecule has 4 amide bonds. The van der Waals surface area contributed by atoms with Gasteiger partial charge in [0.25, 0.3) is 0 Å². The summed E-state index contributed by atoms with van der Waals surface area (Å²) in [5.74, 6) is 0.710. The number of aromatic hydroxyl groups is 1. The topological polar surface area (TPSA) is 144 Å². The highest BCUT2D eigenvalue weighted by atomic mass is 16.5. The number of carbonyl (C=O) groups excluding carboxylic acids is 2. The highest BCUT2D eigenvalue weighted by Crippen LogP contribution is 2.49. The predicted octanol–water partition coefficient (Wildman–Crippen LogP) is 6.20. The van der Waals surface area contributed by atoms with E-state index in [1.54, 1.807) is 43.5 Å². The van der Waals surface area contributed by atoms with Crippen LogP contribution in [0.25, 0.3) is 33.3 Å². The fourth-order valence-corrected chi connectivity index (χ4v) is 3.93. The van der Waals surface area contributed by atoms with Gasteiger partial charge in [-0.1, -0.05) is 40.6 Å². The highest BCUT2D eigenvalue weighted by molar-refractivity contribution is 6.16. The molecule has 3 aromatic rings. The number of nitrogens with zero attached hydrogens (tertiary/aromatic N) is 2. The van der Waals surface area contributed by atoms with Gasteiger partial charge in [-0.05, 0) is 42.5 Å². The van der Waals surface area contributed by atoms with E-state index in [4.69, 9.17) is 4.74 Å². The van der Waals surface area contributed by atoms with Gasteiger partial charge >= 0.3 is 12.1 Å². The normalized spacial score (nSPS) is 11.2. The van der Waals surface area contributed by atoms with Crippen LogP contribution in [0.3, 0.4) is 0 Å². The maximum Gasteiger partial charge on any atom is 0.364 e. The molecule has 0 aromatic heterocycles. The van der Waals surface area contributed by atoms with Crippen LogP contribution >= 0.6 is 0 Å². The number of methoxy groups -OCH3 is 1. The fraction of sp³-hybridized carbons (Fsp3) is 0.0400. The number of urea groups is 2. The summed E-state index contributed by atoms with van der Waals surface area (Å²) in [7, 11) is 1.59. The number of carbonyl (C=O) groups is 2. The molecule has 5 N–H and O–H groups in total. The number of azo groups is 1. The third kappa shape index (κ3) is 4.15. The lowest BCUT2D eigenvalue weighted by molar-refractivity contribution is 0.252. The Kier molecular flexibility index (Phi) is 5.60. The standard InChI is InChI=1S/C25H20N6O4/c1-35-16-12-10-14(11-13-16)21-20-22(29-28-21)17-8-5-9-18(19(17)23(20)32)27-25(34)31-30-24(33)26-15-6-3-2-4-7-15/h2-13,28-29,32H,1H3,(H,26,33)(H,27,34)/b31-30+. The molecular weight excluding hydrogens is 448 g/mol. The van der Waals surface area contributed by atoms with Crippen LogP contribution in [0.15, 0.2) is 83.0 Å². The number of aromatic amines is 2. The van der Waals surface area contributed by atoms with Crippen LogP contribution in [0.1, 0.15) is 0 Å². The number of H-pyrrole nitrogens is 2. The summed E-state index contributed by atoms with van der Waals surface area (Å²) in [4.78, 5) is 24.3. The molecule has 0 saturated carbocycles. The van der Waals surface area contributed by atoms with Crippen LogP contribution in [-0.4, -0.2) is 34.5 Å². The minimum absolute atomic E-state index is 0.00650. The van der Waals surface area contributed by atoms with Gasteiger partial charge in [0.2, 0.25) is 0 Å². The summed E-state index contributed by atoms with van der Waals surface area (Å²) in [5, 5.41) is 30.4. The number of aromatic nitrogens is 2. The van der Waals surface area contributed by atoms with Crippen molar-refractivity contribution in [1.29, 1.82) is 0 Å². The Morgan fingerprint density at radius 3 is 2.23 bits per heavy atom. The zero-order valence-corrected chi connectivity index (χ0v) is 18.5. The number of para-hydroxylation sites is 1. The number of rotatable bonds is 4. The molecule has 10 nitrogen and oxygen atoms in total. The molecule has 10 heteroatoms. The highest BCUT2D eigenvalue weighted by Gasteiger charge is 2.26. The largest absolute Gasteiger partial charge is 0.506 e. The number of hydrogen-bond donors (Lipinski definition) is 5. The Balaban J connectivity index is 1.42. The van der Waals surface area contributed by atoms with Crippen molar-refractivity contribution in [3.05, 3.63) is 72.8 Å². The maximum absolute atomic E-state index is 12.4. The van der Waals surface area contributed by atoms with Crippen LogP contribution < -0.4 is 15.4 Å². The monoisotopic (exact) mass is 468 g/mol. The lowest BCUT2D eigenvalue weighted by Crippen LogP contribution is -2.09. The van der Waals surface area contributed by atoms with E-state index in [-0.39, 0.29) is 5.75 Å². The molecule has 5 rings (SSSR count). The Morgan fingerprint density at radius 2 is 1.51 bits per heavy atom. The molecule has 2 aliphatic rings. The molecule has 3 aromatic carbocycles. The Bertz CT molecular complexity index is 1520. The minimum atomic E-state index is -0.855. The van der Waals surface area contributed by atoms with Crippen LogP contribution in [0.4, 0.5) is 21.0 Å². The molecule has 1 heterocycles. The lowest BCUT2D eigenvalue weighted by Gasteiger charge is -2.05. The predicted molar refractivity (Wildman–Crippen MR) is 132 cm³/mol. The third-order valence-electron chi connectivity index (χ3n) is 5.50. The van der Waals surface area contributed by atoms with Gasteiger partial charge in [0.05, 0.1) is 35.1 Å². The molecule has 174 valence electrons. The zero-order valence-electron chi connectivity index (χ0n) is 18.5. The van der Waals surface area contributed by atoms with Gasteiger partial charge in [0, 0.05) is 16.6 Å². The van der Waals surface area contributed by atoms with Gasteiger partial charge in [-0.25, -0.2) is 9.59 Å². The summed E-state index contributed by atoms with van der Waals surface area (Å²) < 4.78 is 5.21. The van der Waals surface area contributed by atoms with Crippen molar-refractivity contribution in [1.82, 2.24) is 10.2 Å². The van der Waals surface area contributed by atoms with E-state index in [1.807, 2.05) is 36.4 Å². The van der Waals surface area contributed by atoms with Crippen molar-refractivity contribution in [3.63, 3.8) is 0 Å². The van der Waals surface area contributed by atoms with Crippen molar-refractivity contribution < 1.29 is 19.4 Å². The summed E-state index contributed by atoms with van der Waals surface area (Å²) in [5.41, 5.74) is 3.65. The molecule has 1 aliphatic heterocycles. The molecule has 0 radical (unpaired) electrons. The summed E-state index contributed by atoms with van der Waals surface area (Å²) in [6.07, 6.45) is 0. The lowest BCUT2D eigenvalue weighted by atomic mass is 10.1.